The number of H-pyrrole nitrogens is 1. The summed E-state index contributed by atoms with van der Waals surface area (Å²) in [6, 6.07) is 11.1. The van der Waals surface area contributed by atoms with E-state index in [4.69, 9.17) is 0 Å². The Labute approximate surface area is 132 Å². The van der Waals surface area contributed by atoms with Crippen LogP contribution in [0.5, 0.6) is 0 Å². The maximum Gasteiger partial charge on any atom is 0.334 e. The zero-order valence-electron chi connectivity index (χ0n) is 12.9. The number of nitrogens with zero attached hydrogens (tertiary/aromatic N) is 3. The number of aromatic nitrogens is 4. The molecule has 0 spiro atoms. The third kappa shape index (κ3) is 3.08. The van der Waals surface area contributed by atoms with E-state index in [0.717, 1.165) is 10.1 Å². The van der Waals surface area contributed by atoms with Crippen LogP contribution >= 0.6 is 0 Å². The van der Waals surface area contributed by atoms with Crippen molar-refractivity contribution in [2.75, 3.05) is 5.32 Å². The van der Waals surface area contributed by atoms with Crippen LogP contribution in [0.3, 0.4) is 0 Å². The molecular weight excluding hydrogens is 294 g/mol. The van der Waals surface area contributed by atoms with Gasteiger partial charge in [-0.15, -0.1) is 0 Å². The first-order valence-corrected chi connectivity index (χ1v) is 7.21. The summed E-state index contributed by atoms with van der Waals surface area (Å²) in [5.74, 6) is 0.386. The summed E-state index contributed by atoms with van der Waals surface area (Å²) in [5.41, 5.74) is 0.573. The molecule has 118 valence electrons. The molecule has 0 radical (unpaired) electrons. The Morgan fingerprint density at radius 2 is 1.96 bits per heavy atom. The summed E-state index contributed by atoms with van der Waals surface area (Å²) in [6.45, 7) is 1.96. The van der Waals surface area contributed by atoms with E-state index >= 15 is 0 Å². The van der Waals surface area contributed by atoms with Gasteiger partial charge in [0.1, 0.15) is 5.82 Å². The fraction of sp³-hybridized carbons (Fsp3) is 0.188. The minimum atomic E-state index is -0.506. The number of aromatic amines is 1. The Kier molecular flexibility index (Phi) is 3.84. The smallest absolute Gasteiger partial charge is 0.334 e. The van der Waals surface area contributed by atoms with Crippen molar-refractivity contribution in [3.8, 4) is 5.69 Å². The molecule has 2 heterocycles. The number of anilines is 1. The molecule has 1 atom stereocenters. The van der Waals surface area contributed by atoms with Crippen molar-refractivity contribution < 1.29 is 0 Å². The summed E-state index contributed by atoms with van der Waals surface area (Å²) in [5, 5.41) is 7.11. The Morgan fingerprint density at radius 3 is 2.57 bits per heavy atom. The summed E-state index contributed by atoms with van der Waals surface area (Å²) in [7, 11) is 1.72. The highest BCUT2D eigenvalue weighted by molar-refractivity contribution is 5.38. The van der Waals surface area contributed by atoms with Crippen LogP contribution in [0.25, 0.3) is 5.69 Å². The van der Waals surface area contributed by atoms with Crippen molar-refractivity contribution in [2.45, 2.75) is 13.0 Å². The average Bonchev–Trinajstić information content (AvgIpc) is 2.93. The van der Waals surface area contributed by atoms with Crippen molar-refractivity contribution in [2.24, 2.45) is 7.05 Å². The number of benzene rings is 1. The Bertz CT molecular complexity index is 892. The second-order valence-corrected chi connectivity index (χ2v) is 5.31. The first-order valence-electron chi connectivity index (χ1n) is 7.21. The highest BCUT2D eigenvalue weighted by Gasteiger charge is 2.10. The monoisotopic (exact) mass is 311 g/mol. The quantitative estimate of drug-likeness (QED) is 0.763. The second-order valence-electron chi connectivity index (χ2n) is 5.31. The van der Waals surface area contributed by atoms with Gasteiger partial charge in [-0.25, -0.2) is 9.36 Å². The molecule has 0 fully saturated rings. The van der Waals surface area contributed by atoms with Gasteiger partial charge in [0.25, 0.3) is 5.56 Å². The number of hydrogen-bond acceptors (Lipinski definition) is 4. The van der Waals surface area contributed by atoms with E-state index in [1.54, 1.807) is 13.2 Å². The molecular formula is C16H17N5O2. The van der Waals surface area contributed by atoms with Crippen LogP contribution < -0.4 is 16.6 Å². The first-order chi connectivity index (χ1) is 11.0. The van der Waals surface area contributed by atoms with Gasteiger partial charge in [-0.3, -0.25) is 14.5 Å². The van der Waals surface area contributed by atoms with E-state index in [2.05, 4.69) is 15.4 Å². The molecule has 3 aromatic rings. The molecule has 1 unspecified atom stereocenters. The lowest BCUT2D eigenvalue weighted by atomic mass is 10.1. The summed E-state index contributed by atoms with van der Waals surface area (Å²) in [4.78, 5) is 27.2. The first kappa shape index (κ1) is 14.8. The number of hydrogen-bond donors (Lipinski definition) is 2. The Hall–Kier alpha value is -3.09. The average molecular weight is 311 g/mol. The van der Waals surface area contributed by atoms with Gasteiger partial charge in [-0.05, 0) is 12.5 Å². The van der Waals surface area contributed by atoms with Crippen LogP contribution in [0.1, 0.15) is 18.5 Å². The Morgan fingerprint density at radius 1 is 1.22 bits per heavy atom. The van der Waals surface area contributed by atoms with Gasteiger partial charge < -0.3 is 5.32 Å². The van der Waals surface area contributed by atoms with Crippen LogP contribution in [0.4, 0.5) is 5.82 Å². The minimum Gasteiger partial charge on any atom is -0.365 e. The van der Waals surface area contributed by atoms with E-state index in [1.165, 1.54) is 16.9 Å². The molecule has 0 aliphatic rings. The van der Waals surface area contributed by atoms with Crippen LogP contribution in [-0.2, 0) is 7.05 Å². The van der Waals surface area contributed by atoms with E-state index in [0.29, 0.717) is 11.5 Å². The van der Waals surface area contributed by atoms with Crippen molar-refractivity contribution in [3.05, 3.63) is 75.2 Å². The van der Waals surface area contributed by atoms with Gasteiger partial charge in [0, 0.05) is 25.4 Å². The maximum atomic E-state index is 12.3. The molecule has 0 saturated carbocycles. The van der Waals surface area contributed by atoms with Gasteiger partial charge in [-0.1, -0.05) is 30.3 Å². The second kappa shape index (κ2) is 5.96. The molecule has 2 aromatic heterocycles. The standard InChI is InChI=1S/C16H17N5O2/c1-11(12-6-4-3-5-7-12)18-14-8-15(22)21(16(23)19-14)13-9-17-20(2)10-13/h3-11,18H,1-2H3,(H,19,23). The predicted octanol–water partition coefficient (Wildman–Crippen LogP) is 1.43. The molecule has 0 bridgehead atoms. The van der Waals surface area contributed by atoms with E-state index in [-0.39, 0.29) is 6.04 Å². The largest absolute Gasteiger partial charge is 0.365 e. The highest BCUT2D eigenvalue weighted by Crippen LogP contribution is 2.15. The van der Waals surface area contributed by atoms with Crippen molar-refractivity contribution in [3.63, 3.8) is 0 Å². The van der Waals surface area contributed by atoms with Crippen molar-refractivity contribution in [1.29, 1.82) is 0 Å². The van der Waals surface area contributed by atoms with Gasteiger partial charge in [0.2, 0.25) is 0 Å². The molecule has 2 N–H and O–H groups in total. The zero-order chi connectivity index (χ0) is 16.4. The normalized spacial score (nSPS) is 12.1. The lowest BCUT2D eigenvalue weighted by Crippen LogP contribution is -2.33. The number of aryl methyl sites for hydroxylation is 1. The van der Waals surface area contributed by atoms with Gasteiger partial charge >= 0.3 is 5.69 Å². The van der Waals surface area contributed by atoms with Crippen LogP contribution in [0.2, 0.25) is 0 Å². The molecule has 7 heteroatoms. The molecule has 23 heavy (non-hydrogen) atoms. The van der Waals surface area contributed by atoms with Crippen LogP contribution in [0.15, 0.2) is 58.4 Å². The molecule has 3 rings (SSSR count). The SMILES string of the molecule is CC(Nc1cc(=O)n(-c2cnn(C)c2)c(=O)[nH]1)c1ccccc1. The predicted molar refractivity (Wildman–Crippen MR) is 87.9 cm³/mol. The molecule has 0 amide bonds. The van der Waals surface area contributed by atoms with Crippen molar-refractivity contribution in [1.82, 2.24) is 19.3 Å². The number of nitrogens with one attached hydrogen (secondary N) is 2. The van der Waals surface area contributed by atoms with Gasteiger partial charge in [0.15, 0.2) is 0 Å². The van der Waals surface area contributed by atoms with Gasteiger partial charge in [0.05, 0.1) is 11.9 Å². The lowest BCUT2D eigenvalue weighted by molar-refractivity contribution is 0.766. The summed E-state index contributed by atoms with van der Waals surface area (Å²) >= 11 is 0. The Balaban J connectivity index is 1.91. The topological polar surface area (TPSA) is 84.7 Å². The summed E-state index contributed by atoms with van der Waals surface area (Å²) < 4.78 is 2.58. The van der Waals surface area contributed by atoms with Gasteiger partial charge in [-0.2, -0.15) is 5.10 Å². The third-order valence-electron chi connectivity index (χ3n) is 3.55. The van der Waals surface area contributed by atoms with Crippen LogP contribution in [0, 0.1) is 0 Å². The molecule has 0 saturated heterocycles. The molecule has 1 aromatic carbocycles. The molecule has 0 aliphatic carbocycles. The third-order valence-corrected chi connectivity index (χ3v) is 3.55. The maximum absolute atomic E-state index is 12.3. The minimum absolute atomic E-state index is 0.0412. The van der Waals surface area contributed by atoms with E-state index < -0.39 is 11.2 Å². The molecule has 0 aliphatic heterocycles. The fourth-order valence-corrected chi connectivity index (χ4v) is 2.40. The number of rotatable bonds is 4. The summed E-state index contributed by atoms with van der Waals surface area (Å²) in [6.07, 6.45) is 3.08. The van der Waals surface area contributed by atoms with E-state index in [9.17, 15) is 9.59 Å². The van der Waals surface area contributed by atoms with Crippen molar-refractivity contribution >= 4 is 5.82 Å². The van der Waals surface area contributed by atoms with Crippen LogP contribution in [-0.4, -0.2) is 19.3 Å². The van der Waals surface area contributed by atoms with E-state index in [1.807, 2.05) is 37.3 Å². The molecule has 7 nitrogen and oxygen atoms in total. The zero-order valence-corrected chi connectivity index (χ0v) is 12.9. The fourth-order valence-electron chi connectivity index (χ4n) is 2.40. The highest BCUT2D eigenvalue weighted by atomic mass is 16.2. The lowest BCUT2D eigenvalue weighted by Gasteiger charge is -2.15.